The van der Waals surface area contributed by atoms with Crippen molar-refractivity contribution in [3.8, 4) is 5.75 Å². The van der Waals surface area contributed by atoms with Crippen LogP contribution < -0.4 is 4.74 Å². The molecule has 1 aliphatic rings. The minimum atomic E-state index is -0.159. The minimum absolute atomic E-state index is 0.127. The summed E-state index contributed by atoms with van der Waals surface area (Å²) in [4.78, 5) is 11.6. The molecule has 4 heteroatoms. The van der Waals surface area contributed by atoms with Crippen LogP contribution in [0, 0.1) is 0 Å². The Kier molecular flexibility index (Phi) is 4.80. The van der Waals surface area contributed by atoms with Crippen LogP contribution in [0.2, 0.25) is 0 Å². The first-order chi connectivity index (χ1) is 9.24. The van der Waals surface area contributed by atoms with Gasteiger partial charge in [-0.05, 0) is 37.0 Å². The number of aliphatic hydroxyl groups excluding tert-OH is 1. The molecule has 1 unspecified atom stereocenters. The second-order valence-electron chi connectivity index (χ2n) is 4.69. The van der Waals surface area contributed by atoms with Crippen molar-refractivity contribution in [1.29, 1.82) is 0 Å². The fraction of sp³-hybridized carbons (Fsp3) is 0.533. The summed E-state index contributed by atoms with van der Waals surface area (Å²) in [6, 6.07) is 5.92. The van der Waals surface area contributed by atoms with Crippen LogP contribution in [0.15, 0.2) is 18.2 Å². The fourth-order valence-electron chi connectivity index (χ4n) is 2.43. The highest BCUT2D eigenvalue weighted by molar-refractivity contribution is 5.71. The molecule has 1 aromatic rings. The standard InChI is InChI=1S/C15H20O4/c1-2-18-15(17)10-12-6-8-19-14-4-3-11(5-7-16)9-13(12)14/h3-4,9,12,16H,2,5-8,10H2,1H3. The Hall–Kier alpha value is -1.55. The molecule has 1 heterocycles. The van der Waals surface area contributed by atoms with Crippen molar-refractivity contribution < 1.29 is 19.4 Å². The van der Waals surface area contributed by atoms with Gasteiger partial charge in [-0.15, -0.1) is 0 Å². The summed E-state index contributed by atoms with van der Waals surface area (Å²) >= 11 is 0. The summed E-state index contributed by atoms with van der Waals surface area (Å²) in [5.74, 6) is 0.844. The molecule has 0 aromatic heterocycles. The van der Waals surface area contributed by atoms with E-state index in [4.69, 9.17) is 14.6 Å². The van der Waals surface area contributed by atoms with Gasteiger partial charge in [0.1, 0.15) is 5.75 Å². The normalized spacial score (nSPS) is 17.5. The van der Waals surface area contributed by atoms with Crippen LogP contribution in [0.4, 0.5) is 0 Å². The first-order valence-corrected chi connectivity index (χ1v) is 6.76. The smallest absolute Gasteiger partial charge is 0.306 e. The number of ether oxygens (including phenoxy) is 2. The molecule has 2 rings (SSSR count). The lowest BCUT2D eigenvalue weighted by molar-refractivity contribution is -0.143. The number of hydrogen-bond acceptors (Lipinski definition) is 4. The Balaban J connectivity index is 2.16. The highest BCUT2D eigenvalue weighted by Crippen LogP contribution is 2.36. The van der Waals surface area contributed by atoms with E-state index in [1.165, 1.54) is 0 Å². The summed E-state index contributed by atoms with van der Waals surface area (Å²) in [6.07, 6.45) is 1.85. The molecule has 0 fully saturated rings. The SMILES string of the molecule is CCOC(=O)CC1CCOc2ccc(CCO)cc21. The maximum atomic E-state index is 11.6. The molecule has 0 spiro atoms. The lowest BCUT2D eigenvalue weighted by Gasteiger charge is -2.26. The molecule has 104 valence electrons. The maximum absolute atomic E-state index is 11.6. The topological polar surface area (TPSA) is 55.8 Å². The Bertz CT molecular complexity index is 442. The van der Waals surface area contributed by atoms with E-state index < -0.39 is 0 Å². The number of hydrogen-bond donors (Lipinski definition) is 1. The van der Waals surface area contributed by atoms with E-state index in [1.54, 1.807) is 0 Å². The third-order valence-electron chi connectivity index (χ3n) is 3.36. The van der Waals surface area contributed by atoms with Gasteiger partial charge in [0.15, 0.2) is 0 Å². The molecule has 0 amide bonds. The quantitative estimate of drug-likeness (QED) is 0.827. The Morgan fingerprint density at radius 2 is 2.37 bits per heavy atom. The fourth-order valence-corrected chi connectivity index (χ4v) is 2.43. The van der Waals surface area contributed by atoms with Gasteiger partial charge in [0.05, 0.1) is 19.6 Å². The van der Waals surface area contributed by atoms with Crippen molar-refractivity contribution in [2.45, 2.75) is 32.1 Å². The molecule has 1 aromatic carbocycles. The summed E-state index contributed by atoms with van der Waals surface area (Å²) < 4.78 is 10.6. The van der Waals surface area contributed by atoms with Crippen LogP contribution in [0.1, 0.15) is 36.8 Å². The number of benzene rings is 1. The number of carbonyl (C=O) groups excluding carboxylic acids is 1. The average molecular weight is 264 g/mol. The van der Waals surface area contributed by atoms with Gasteiger partial charge in [0, 0.05) is 12.5 Å². The molecular weight excluding hydrogens is 244 g/mol. The van der Waals surface area contributed by atoms with Crippen LogP contribution in [-0.4, -0.2) is 30.9 Å². The van der Waals surface area contributed by atoms with Gasteiger partial charge in [-0.3, -0.25) is 4.79 Å². The molecule has 1 atom stereocenters. The zero-order valence-corrected chi connectivity index (χ0v) is 11.2. The molecule has 4 nitrogen and oxygen atoms in total. The van der Waals surface area contributed by atoms with Crippen molar-refractivity contribution in [2.24, 2.45) is 0 Å². The number of carbonyl (C=O) groups is 1. The number of esters is 1. The van der Waals surface area contributed by atoms with Crippen molar-refractivity contribution in [1.82, 2.24) is 0 Å². The van der Waals surface area contributed by atoms with Gasteiger partial charge in [-0.1, -0.05) is 12.1 Å². The van der Waals surface area contributed by atoms with E-state index in [9.17, 15) is 4.79 Å². The van der Waals surface area contributed by atoms with E-state index in [1.807, 2.05) is 25.1 Å². The third-order valence-corrected chi connectivity index (χ3v) is 3.36. The van der Waals surface area contributed by atoms with Crippen molar-refractivity contribution in [3.05, 3.63) is 29.3 Å². The average Bonchev–Trinajstić information content (AvgIpc) is 2.40. The number of aliphatic hydroxyl groups is 1. The molecular formula is C15H20O4. The van der Waals surface area contributed by atoms with Gasteiger partial charge in [-0.2, -0.15) is 0 Å². The monoisotopic (exact) mass is 264 g/mol. The molecule has 19 heavy (non-hydrogen) atoms. The van der Waals surface area contributed by atoms with Crippen LogP contribution in [0.5, 0.6) is 5.75 Å². The number of fused-ring (bicyclic) bond motifs is 1. The van der Waals surface area contributed by atoms with E-state index in [0.29, 0.717) is 26.1 Å². The lowest BCUT2D eigenvalue weighted by Crippen LogP contribution is -2.18. The Morgan fingerprint density at radius 3 is 3.11 bits per heavy atom. The van der Waals surface area contributed by atoms with Crippen LogP contribution in [-0.2, 0) is 16.0 Å². The Morgan fingerprint density at radius 1 is 1.53 bits per heavy atom. The molecule has 1 N–H and O–H groups in total. The van der Waals surface area contributed by atoms with Crippen LogP contribution >= 0.6 is 0 Å². The van der Waals surface area contributed by atoms with E-state index in [0.717, 1.165) is 23.3 Å². The van der Waals surface area contributed by atoms with Gasteiger partial charge < -0.3 is 14.6 Å². The van der Waals surface area contributed by atoms with Crippen molar-refractivity contribution >= 4 is 5.97 Å². The largest absolute Gasteiger partial charge is 0.493 e. The van der Waals surface area contributed by atoms with E-state index >= 15 is 0 Å². The van der Waals surface area contributed by atoms with E-state index in [-0.39, 0.29) is 18.5 Å². The number of rotatable bonds is 5. The minimum Gasteiger partial charge on any atom is -0.493 e. The predicted octanol–water partition coefficient (Wildman–Crippen LogP) is 2.04. The summed E-state index contributed by atoms with van der Waals surface area (Å²) in [7, 11) is 0. The highest BCUT2D eigenvalue weighted by Gasteiger charge is 2.24. The molecule has 0 bridgehead atoms. The van der Waals surface area contributed by atoms with Crippen LogP contribution in [0.3, 0.4) is 0 Å². The molecule has 0 aliphatic carbocycles. The van der Waals surface area contributed by atoms with Crippen molar-refractivity contribution in [3.63, 3.8) is 0 Å². The zero-order valence-electron chi connectivity index (χ0n) is 11.2. The van der Waals surface area contributed by atoms with Gasteiger partial charge in [0.2, 0.25) is 0 Å². The molecule has 0 saturated heterocycles. The zero-order chi connectivity index (χ0) is 13.7. The summed E-state index contributed by atoms with van der Waals surface area (Å²) in [5.41, 5.74) is 2.13. The van der Waals surface area contributed by atoms with Gasteiger partial charge in [-0.25, -0.2) is 0 Å². The Labute approximate surface area is 113 Å². The molecule has 0 saturated carbocycles. The lowest BCUT2D eigenvalue weighted by atomic mass is 9.89. The third kappa shape index (κ3) is 3.47. The summed E-state index contributed by atoms with van der Waals surface area (Å²) in [6.45, 7) is 2.99. The van der Waals surface area contributed by atoms with E-state index in [2.05, 4.69) is 0 Å². The first kappa shape index (κ1) is 13.9. The van der Waals surface area contributed by atoms with Gasteiger partial charge >= 0.3 is 5.97 Å². The highest BCUT2D eigenvalue weighted by atomic mass is 16.5. The molecule has 1 aliphatic heterocycles. The second-order valence-corrected chi connectivity index (χ2v) is 4.69. The maximum Gasteiger partial charge on any atom is 0.306 e. The van der Waals surface area contributed by atoms with Crippen molar-refractivity contribution in [2.75, 3.05) is 19.8 Å². The second kappa shape index (κ2) is 6.57. The first-order valence-electron chi connectivity index (χ1n) is 6.76. The summed E-state index contributed by atoms with van der Waals surface area (Å²) in [5, 5.41) is 9.00. The predicted molar refractivity (Wildman–Crippen MR) is 71.3 cm³/mol. The van der Waals surface area contributed by atoms with Gasteiger partial charge in [0.25, 0.3) is 0 Å². The molecule has 0 radical (unpaired) electrons. The van der Waals surface area contributed by atoms with Crippen LogP contribution in [0.25, 0.3) is 0 Å².